The summed E-state index contributed by atoms with van der Waals surface area (Å²) in [6.07, 6.45) is 4.68. The van der Waals surface area contributed by atoms with E-state index in [-0.39, 0.29) is 4.90 Å². The molecule has 0 radical (unpaired) electrons. The molecule has 1 aromatic heterocycles. The lowest BCUT2D eigenvalue weighted by Gasteiger charge is -2.25. The maximum absolute atomic E-state index is 12.3. The molecule has 1 aliphatic rings. The molecule has 0 aliphatic heterocycles. The lowest BCUT2D eigenvalue weighted by molar-refractivity contribution is 0.297. The summed E-state index contributed by atoms with van der Waals surface area (Å²) in [6.45, 7) is 2.67. The van der Waals surface area contributed by atoms with Gasteiger partial charge in [0.1, 0.15) is 4.90 Å². The van der Waals surface area contributed by atoms with Crippen molar-refractivity contribution in [3.8, 4) is 0 Å². The summed E-state index contributed by atoms with van der Waals surface area (Å²) in [5.74, 6) is 0.699. The van der Waals surface area contributed by atoms with E-state index < -0.39 is 10.0 Å². The summed E-state index contributed by atoms with van der Waals surface area (Å²) in [4.78, 5) is 0.287. The van der Waals surface area contributed by atoms with Gasteiger partial charge in [-0.1, -0.05) is 19.3 Å². The standard InChI is InChI=1S/C12H22N4O2S/c1-9-12(11(8-13-2)16-15-9)19(17,18)14-7-6-10-4-3-5-10/h10,13-14H,3-8H2,1-2H3,(H,15,16). The van der Waals surface area contributed by atoms with Crippen LogP contribution in [0.1, 0.15) is 37.1 Å². The summed E-state index contributed by atoms with van der Waals surface area (Å²) in [6, 6.07) is 0. The second kappa shape index (κ2) is 6.02. The molecule has 19 heavy (non-hydrogen) atoms. The number of hydrogen-bond donors (Lipinski definition) is 3. The van der Waals surface area contributed by atoms with Gasteiger partial charge in [-0.15, -0.1) is 0 Å². The Hall–Kier alpha value is -0.920. The van der Waals surface area contributed by atoms with Crippen molar-refractivity contribution in [2.45, 2.75) is 44.0 Å². The molecule has 1 aliphatic carbocycles. The van der Waals surface area contributed by atoms with Gasteiger partial charge >= 0.3 is 0 Å². The summed E-state index contributed by atoms with van der Waals surface area (Å²) in [7, 11) is -1.70. The first kappa shape index (κ1) is 14.5. The van der Waals surface area contributed by atoms with E-state index in [0.717, 1.165) is 6.42 Å². The zero-order valence-corrected chi connectivity index (χ0v) is 12.3. The Labute approximate surface area is 114 Å². The van der Waals surface area contributed by atoms with Crippen molar-refractivity contribution in [2.24, 2.45) is 5.92 Å². The molecule has 6 nitrogen and oxygen atoms in total. The molecule has 0 atom stereocenters. The number of H-pyrrole nitrogens is 1. The molecule has 1 heterocycles. The molecule has 0 amide bonds. The van der Waals surface area contributed by atoms with Crippen molar-refractivity contribution in [2.75, 3.05) is 13.6 Å². The van der Waals surface area contributed by atoms with E-state index in [0.29, 0.717) is 30.4 Å². The Morgan fingerprint density at radius 3 is 2.74 bits per heavy atom. The third-order valence-electron chi connectivity index (χ3n) is 3.64. The molecule has 2 rings (SSSR count). The summed E-state index contributed by atoms with van der Waals surface area (Å²) >= 11 is 0. The number of aryl methyl sites for hydroxylation is 1. The zero-order chi connectivity index (χ0) is 13.9. The number of rotatable bonds is 7. The highest BCUT2D eigenvalue weighted by Crippen LogP contribution is 2.29. The van der Waals surface area contributed by atoms with E-state index in [1.807, 2.05) is 0 Å². The minimum absolute atomic E-state index is 0.287. The number of hydrogen-bond acceptors (Lipinski definition) is 4. The monoisotopic (exact) mass is 286 g/mol. The van der Waals surface area contributed by atoms with E-state index in [2.05, 4.69) is 20.2 Å². The van der Waals surface area contributed by atoms with Gasteiger partial charge in [0, 0.05) is 13.1 Å². The van der Waals surface area contributed by atoms with Crippen LogP contribution in [0.25, 0.3) is 0 Å². The quantitative estimate of drug-likeness (QED) is 0.695. The molecule has 1 aromatic rings. The number of sulfonamides is 1. The van der Waals surface area contributed by atoms with Gasteiger partial charge in [0.25, 0.3) is 0 Å². The van der Waals surface area contributed by atoms with Crippen LogP contribution in [0.15, 0.2) is 4.90 Å². The minimum Gasteiger partial charge on any atom is -0.314 e. The third-order valence-corrected chi connectivity index (χ3v) is 5.31. The van der Waals surface area contributed by atoms with Gasteiger partial charge in [-0.05, 0) is 26.3 Å². The molecule has 0 spiro atoms. The molecule has 0 bridgehead atoms. The van der Waals surface area contributed by atoms with Crippen molar-refractivity contribution < 1.29 is 8.42 Å². The topological polar surface area (TPSA) is 86.9 Å². The lowest BCUT2D eigenvalue weighted by atomic mass is 9.83. The summed E-state index contributed by atoms with van der Waals surface area (Å²) in [5, 5.41) is 9.70. The van der Waals surface area contributed by atoms with Crippen LogP contribution < -0.4 is 10.0 Å². The van der Waals surface area contributed by atoms with Gasteiger partial charge < -0.3 is 5.32 Å². The predicted octanol–water partition coefficient (Wildman–Crippen LogP) is 0.906. The number of aromatic amines is 1. The van der Waals surface area contributed by atoms with Crippen LogP contribution in [-0.4, -0.2) is 32.2 Å². The molecule has 0 saturated heterocycles. The third kappa shape index (κ3) is 3.34. The van der Waals surface area contributed by atoms with Crippen molar-refractivity contribution in [3.05, 3.63) is 11.4 Å². The van der Waals surface area contributed by atoms with Crippen molar-refractivity contribution >= 4 is 10.0 Å². The van der Waals surface area contributed by atoms with Gasteiger partial charge in [0.05, 0.1) is 11.4 Å². The average Bonchev–Trinajstić information content (AvgIpc) is 2.65. The van der Waals surface area contributed by atoms with Crippen molar-refractivity contribution in [1.29, 1.82) is 0 Å². The zero-order valence-electron chi connectivity index (χ0n) is 11.5. The molecule has 0 aromatic carbocycles. The van der Waals surface area contributed by atoms with Gasteiger partial charge in [-0.3, -0.25) is 5.10 Å². The fourth-order valence-electron chi connectivity index (χ4n) is 2.36. The SMILES string of the molecule is CNCc1n[nH]c(C)c1S(=O)(=O)NCCC1CCC1. The molecular weight excluding hydrogens is 264 g/mol. The summed E-state index contributed by atoms with van der Waals surface area (Å²) in [5.41, 5.74) is 1.12. The van der Waals surface area contributed by atoms with Crippen LogP contribution in [0.2, 0.25) is 0 Å². The Balaban J connectivity index is 2.03. The van der Waals surface area contributed by atoms with Crippen LogP contribution in [0.5, 0.6) is 0 Å². The van der Waals surface area contributed by atoms with Crippen molar-refractivity contribution in [1.82, 2.24) is 20.2 Å². The van der Waals surface area contributed by atoms with Gasteiger partial charge in [-0.2, -0.15) is 5.10 Å². The second-order valence-electron chi connectivity index (χ2n) is 5.14. The highest BCUT2D eigenvalue weighted by atomic mass is 32.2. The Morgan fingerprint density at radius 2 is 2.16 bits per heavy atom. The Bertz CT molecular complexity index is 520. The largest absolute Gasteiger partial charge is 0.314 e. The van der Waals surface area contributed by atoms with Crippen molar-refractivity contribution in [3.63, 3.8) is 0 Å². The van der Waals surface area contributed by atoms with E-state index in [1.54, 1.807) is 14.0 Å². The smallest absolute Gasteiger partial charge is 0.244 e. The molecule has 108 valence electrons. The molecular formula is C12H22N4O2S. The minimum atomic E-state index is -3.46. The first-order valence-corrected chi connectivity index (χ1v) is 8.21. The van der Waals surface area contributed by atoms with Crippen LogP contribution in [0, 0.1) is 12.8 Å². The van der Waals surface area contributed by atoms with E-state index >= 15 is 0 Å². The number of aromatic nitrogens is 2. The number of nitrogens with one attached hydrogen (secondary N) is 3. The normalized spacial score (nSPS) is 16.5. The predicted molar refractivity (Wildman–Crippen MR) is 73.2 cm³/mol. The van der Waals surface area contributed by atoms with Gasteiger partial charge in [-0.25, -0.2) is 13.1 Å². The maximum atomic E-state index is 12.3. The van der Waals surface area contributed by atoms with E-state index in [9.17, 15) is 8.42 Å². The van der Waals surface area contributed by atoms with Gasteiger partial charge in [0.2, 0.25) is 10.0 Å². The van der Waals surface area contributed by atoms with Gasteiger partial charge in [0.15, 0.2) is 0 Å². The molecule has 1 fully saturated rings. The highest BCUT2D eigenvalue weighted by molar-refractivity contribution is 7.89. The van der Waals surface area contributed by atoms with E-state index in [1.165, 1.54) is 19.3 Å². The first-order valence-electron chi connectivity index (χ1n) is 6.72. The molecule has 0 unspecified atom stereocenters. The lowest BCUT2D eigenvalue weighted by Crippen LogP contribution is -2.29. The molecule has 1 saturated carbocycles. The van der Waals surface area contributed by atoms with Crippen LogP contribution in [-0.2, 0) is 16.6 Å². The fourth-order valence-corrected chi connectivity index (χ4v) is 3.77. The highest BCUT2D eigenvalue weighted by Gasteiger charge is 2.24. The fraction of sp³-hybridized carbons (Fsp3) is 0.750. The molecule has 3 N–H and O–H groups in total. The Kier molecular flexibility index (Phi) is 4.59. The number of nitrogens with zero attached hydrogens (tertiary/aromatic N) is 1. The second-order valence-corrected chi connectivity index (χ2v) is 6.84. The van der Waals surface area contributed by atoms with Crippen LogP contribution >= 0.6 is 0 Å². The van der Waals surface area contributed by atoms with Crippen LogP contribution in [0.3, 0.4) is 0 Å². The van der Waals surface area contributed by atoms with Crippen LogP contribution in [0.4, 0.5) is 0 Å². The Morgan fingerprint density at radius 1 is 1.42 bits per heavy atom. The average molecular weight is 286 g/mol. The molecule has 7 heteroatoms. The first-order chi connectivity index (χ1) is 9.04. The van der Waals surface area contributed by atoms with E-state index in [4.69, 9.17) is 0 Å². The maximum Gasteiger partial charge on any atom is 0.244 e. The summed E-state index contributed by atoms with van der Waals surface area (Å²) < 4.78 is 27.3.